The van der Waals surface area contributed by atoms with Gasteiger partial charge in [-0.3, -0.25) is 0 Å². The normalized spacial score (nSPS) is 14.8. The summed E-state index contributed by atoms with van der Waals surface area (Å²) in [7, 11) is -3.17. The Morgan fingerprint density at radius 3 is 2.33 bits per heavy atom. The van der Waals surface area contributed by atoms with Gasteiger partial charge in [0.15, 0.2) is 9.84 Å². The summed E-state index contributed by atoms with van der Waals surface area (Å²) < 4.78 is 25.1. The number of halogens is 2. The van der Waals surface area contributed by atoms with Crippen molar-refractivity contribution in [3.8, 4) is 0 Å². The predicted molar refractivity (Wildman–Crippen MR) is 85.1 cm³/mol. The maximum absolute atomic E-state index is 12.0. The molecular formula is C11H17Br2NO2S2. The highest BCUT2D eigenvalue weighted by Gasteiger charge is 2.40. The summed E-state index contributed by atoms with van der Waals surface area (Å²) in [6.45, 7) is 6.20. The molecule has 1 aromatic rings. The molecule has 0 saturated heterocycles. The first-order chi connectivity index (χ1) is 8.11. The van der Waals surface area contributed by atoms with Crippen LogP contribution in [0.15, 0.2) is 13.6 Å². The summed E-state index contributed by atoms with van der Waals surface area (Å²) in [5.41, 5.74) is 0.976. The van der Waals surface area contributed by atoms with Crippen LogP contribution in [0.3, 0.4) is 0 Å². The molecule has 0 aliphatic rings. The number of hydrogen-bond donors (Lipinski definition) is 1. The molecule has 0 fully saturated rings. The van der Waals surface area contributed by atoms with Gasteiger partial charge in [0.1, 0.15) is 0 Å². The lowest BCUT2D eigenvalue weighted by Gasteiger charge is -2.33. The lowest BCUT2D eigenvalue weighted by atomic mass is 9.97. The largest absolute Gasteiger partial charge is 0.309 e. The van der Waals surface area contributed by atoms with Crippen LogP contribution < -0.4 is 5.32 Å². The van der Waals surface area contributed by atoms with Crippen molar-refractivity contribution in [3.63, 3.8) is 0 Å². The Morgan fingerprint density at radius 2 is 2.00 bits per heavy atom. The molecule has 0 spiro atoms. The van der Waals surface area contributed by atoms with Crippen molar-refractivity contribution in [3.05, 3.63) is 19.2 Å². The summed E-state index contributed by atoms with van der Waals surface area (Å²) in [5, 5.41) is 3.28. The number of hydrogen-bond acceptors (Lipinski definition) is 4. The van der Waals surface area contributed by atoms with Gasteiger partial charge in [-0.1, -0.05) is 6.92 Å². The number of rotatable bonds is 5. The Bertz CT molecular complexity index is 523. The maximum Gasteiger partial charge on any atom is 0.154 e. The molecule has 1 heterocycles. The van der Waals surface area contributed by atoms with Gasteiger partial charge in [0.05, 0.1) is 18.4 Å². The van der Waals surface area contributed by atoms with Crippen LogP contribution >= 0.6 is 43.2 Å². The highest BCUT2D eigenvalue weighted by Crippen LogP contribution is 2.41. The fraction of sp³-hybridized carbons (Fsp3) is 0.636. The van der Waals surface area contributed by atoms with Crippen LogP contribution in [-0.4, -0.2) is 26.0 Å². The van der Waals surface area contributed by atoms with E-state index in [1.54, 1.807) is 25.2 Å². The molecule has 0 aromatic carbocycles. The third-order valence-electron chi connectivity index (χ3n) is 3.05. The van der Waals surface area contributed by atoms with E-state index in [-0.39, 0.29) is 6.04 Å². The van der Waals surface area contributed by atoms with Crippen LogP contribution in [0.25, 0.3) is 0 Å². The second kappa shape index (κ2) is 5.91. The van der Waals surface area contributed by atoms with E-state index in [0.29, 0.717) is 6.54 Å². The average molecular weight is 419 g/mol. The predicted octanol–water partition coefficient (Wildman–Crippen LogP) is 3.75. The molecular weight excluding hydrogens is 402 g/mol. The highest BCUT2D eigenvalue weighted by atomic mass is 79.9. The fourth-order valence-electron chi connectivity index (χ4n) is 1.70. The molecule has 1 atom stereocenters. The lowest BCUT2D eigenvalue weighted by molar-refractivity contribution is 0.428. The van der Waals surface area contributed by atoms with E-state index < -0.39 is 14.6 Å². The quantitative estimate of drug-likeness (QED) is 0.791. The molecule has 0 saturated carbocycles. The van der Waals surface area contributed by atoms with Crippen molar-refractivity contribution in [1.82, 2.24) is 5.32 Å². The van der Waals surface area contributed by atoms with E-state index in [1.165, 1.54) is 6.26 Å². The van der Waals surface area contributed by atoms with Gasteiger partial charge in [-0.2, -0.15) is 0 Å². The zero-order valence-corrected chi connectivity index (χ0v) is 15.6. The second-order valence-electron chi connectivity index (χ2n) is 4.65. The number of nitrogens with one attached hydrogen (secondary N) is 1. The molecule has 104 valence electrons. The minimum absolute atomic E-state index is 0.241. The van der Waals surface area contributed by atoms with E-state index >= 15 is 0 Å². The van der Waals surface area contributed by atoms with Crippen LogP contribution in [0.1, 0.15) is 32.4 Å². The molecule has 1 unspecified atom stereocenters. The smallest absolute Gasteiger partial charge is 0.154 e. The fourth-order valence-corrected chi connectivity index (χ4v) is 5.24. The minimum atomic E-state index is -3.17. The van der Waals surface area contributed by atoms with Gasteiger partial charge in [-0.15, -0.1) is 11.3 Å². The molecule has 0 amide bonds. The lowest BCUT2D eigenvalue weighted by Crippen LogP contribution is -2.44. The summed E-state index contributed by atoms with van der Waals surface area (Å²) in [6.07, 6.45) is 1.28. The van der Waals surface area contributed by atoms with Crippen LogP contribution in [0.5, 0.6) is 0 Å². The van der Waals surface area contributed by atoms with Crippen LogP contribution in [-0.2, 0) is 9.84 Å². The average Bonchev–Trinajstić information content (AvgIpc) is 2.52. The molecule has 0 radical (unpaired) electrons. The van der Waals surface area contributed by atoms with Gasteiger partial charge in [0.25, 0.3) is 0 Å². The standard InChI is InChI=1S/C11H17Br2NO2S2/c1-5-14-9(11(2,3)18(4,15)16)7-6-8(12)17-10(7)13/h6,9,14H,5H2,1-4H3. The first-order valence-electron chi connectivity index (χ1n) is 5.49. The van der Waals surface area contributed by atoms with Gasteiger partial charge in [-0.25, -0.2) is 8.42 Å². The highest BCUT2D eigenvalue weighted by molar-refractivity contribution is 9.12. The summed E-state index contributed by atoms with van der Waals surface area (Å²) in [5.74, 6) is 0. The zero-order valence-electron chi connectivity index (χ0n) is 10.8. The molecule has 3 nitrogen and oxygen atoms in total. The third kappa shape index (κ3) is 3.36. The van der Waals surface area contributed by atoms with Crippen LogP contribution in [0, 0.1) is 0 Å². The monoisotopic (exact) mass is 417 g/mol. The Kier molecular flexibility index (Phi) is 5.46. The van der Waals surface area contributed by atoms with Gasteiger partial charge < -0.3 is 5.32 Å². The van der Waals surface area contributed by atoms with Crippen molar-refractivity contribution >= 4 is 53.0 Å². The van der Waals surface area contributed by atoms with Gasteiger partial charge >= 0.3 is 0 Å². The third-order valence-corrected chi connectivity index (χ3v) is 7.59. The Morgan fingerprint density at radius 1 is 1.44 bits per heavy atom. The van der Waals surface area contributed by atoms with Gasteiger partial charge in [0.2, 0.25) is 0 Å². The van der Waals surface area contributed by atoms with E-state index in [0.717, 1.165) is 13.1 Å². The van der Waals surface area contributed by atoms with Crippen molar-refractivity contribution in [2.24, 2.45) is 0 Å². The maximum atomic E-state index is 12.0. The van der Waals surface area contributed by atoms with E-state index in [4.69, 9.17) is 0 Å². The SMILES string of the molecule is CCNC(c1cc(Br)sc1Br)C(C)(C)S(C)(=O)=O. The molecule has 1 aromatic heterocycles. The number of sulfone groups is 1. The summed E-state index contributed by atoms with van der Waals surface area (Å²) in [6, 6.07) is 1.73. The van der Waals surface area contributed by atoms with E-state index in [1.807, 2.05) is 13.0 Å². The summed E-state index contributed by atoms with van der Waals surface area (Å²) >= 11 is 8.48. The molecule has 18 heavy (non-hydrogen) atoms. The Labute approximate surface area is 130 Å². The van der Waals surface area contributed by atoms with E-state index in [9.17, 15) is 8.42 Å². The topological polar surface area (TPSA) is 46.2 Å². The van der Waals surface area contributed by atoms with Gasteiger partial charge in [-0.05, 0) is 63.9 Å². The summed E-state index contributed by atoms with van der Waals surface area (Å²) in [4.78, 5) is 0. The molecule has 7 heteroatoms. The Balaban J connectivity index is 3.31. The molecule has 1 N–H and O–H groups in total. The van der Waals surface area contributed by atoms with Crippen molar-refractivity contribution in [2.75, 3.05) is 12.8 Å². The van der Waals surface area contributed by atoms with Crippen molar-refractivity contribution < 1.29 is 8.42 Å². The first-order valence-corrected chi connectivity index (χ1v) is 9.78. The van der Waals surface area contributed by atoms with Crippen molar-refractivity contribution in [1.29, 1.82) is 0 Å². The molecule has 0 bridgehead atoms. The molecule has 1 rings (SSSR count). The zero-order chi connectivity index (χ0) is 14.1. The van der Waals surface area contributed by atoms with Crippen LogP contribution in [0.2, 0.25) is 0 Å². The second-order valence-corrected chi connectivity index (χ2v) is 11.0. The molecule has 0 aliphatic heterocycles. The van der Waals surface area contributed by atoms with Crippen molar-refractivity contribution in [2.45, 2.75) is 31.6 Å². The first kappa shape index (κ1) is 16.6. The minimum Gasteiger partial charge on any atom is -0.309 e. The van der Waals surface area contributed by atoms with E-state index in [2.05, 4.69) is 37.2 Å². The molecule has 0 aliphatic carbocycles. The van der Waals surface area contributed by atoms with Gasteiger partial charge in [0, 0.05) is 6.26 Å². The Hall–Kier alpha value is 0.570. The van der Waals surface area contributed by atoms with Crippen LogP contribution in [0.4, 0.5) is 0 Å². The number of thiophene rings is 1.